The number of amides is 1. The molecule has 2 heterocycles. The molecular weight excluding hydrogens is 431 g/mol. The molecule has 0 aliphatic carbocycles. The number of rotatable bonds is 10. The molecule has 170 valence electrons. The lowest BCUT2D eigenvalue weighted by molar-refractivity contribution is 0.0945. The van der Waals surface area contributed by atoms with E-state index >= 15 is 0 Å². The number of nitrogens with one attached hydrogen (secondary N) is 1. The van der Waals surface area contributed by atoms with Crippen molar-refractivity contribution < 1.29 is 13.6 Å². The number of hydrogen-bond donors (Lipinski definition) is 1. The summed E-state index contributed by atoms with van der Waals surface area (Å²) in [5.41, 5.74) is -1.49. The van der Waals surface area contributed by atoms with Gasteiger partial charge in [-0.1, -0.05) is 15.7 Å². The Morgan fingerprint density at radius 2 is 1.91 bits per heavy atom. The van der Waals surface area contributed by atoms with Gasteiger partial charge in [0.2, 0.25) is 0 Å². The number of aromatic nitrogens is 3. The normalized spacial score (nSPS) is 11.7. The van der Waals surface area contributed by atoms with E-state index < -0.39 is 5.66 Å². The van der Waals surface area contributed by atoms with Crippen molar-refractivity contribution in [1.29, 1.82) is 0 Å². The van der Waals surface area contributed by atoms with Crippen LogP contribution in [0.25, 0.3) is 16.9 Å². The van der Waals surface area contributed by atoms with E-state index in [0.717, 1.165) is 25.8 Å². The minimum Gasteiger partial charge on any atom is -0.352 e. The molecule has 0 aliphatic rings. The van der Waals surface area contributed by atoms with Gasteiger partial charge in [0, 0.05) is 30.1 Å². The van der Waals surface area contributed by atoms with E-state index in [1.807, 2.05) is 14.1 Å². The summed E-state index contributed by atoms with van der Waals surface area (Å²) < 4.78 is 29.7. The quantitative estimate of drug-likeness (QED) is 0.362. The maximum Gasteiger partial charge on any atom is 0.300 e. The lowest BCUT2D eigenvalue weighted by atomic mass is 10.2. The van der Waals surface area contributed by atoms with Crippen LogP contribution in [0.3, 0.4) is 0 Å². The molecule has 0 spiro atoms. The van der Waals surface area contributed by atoms with Gasteiger partial charge in [-0.2, -0.15) is 13.9 Å². The zero-order valence-corrected chi connectivity index (χ0v) is 19.4. The Hall–Kier alpha value is -2.70. The third kappa shape index (κ3) is 6.40. The van der Waals surface area contributed by atoms with E-state index in [9.17, 15) is 13.6 Å². The first-order chi connectivity index (χ1) is 15.3. The number of alkyl halides is 2. The molecule has 1 unspecified atom stereocenters. The number of pyridine rings is 1. The summed E-state index contributed by atoms with van der Waals surface area (Å²) in [5, 5.41) is 7.26. The third-order valence-electron chi connectivity index (χ3n) is 4.95. The highest BCUT2D eigenvalue weighted by Crippen LogP contribution is 2.37. The van der Waals surface area contributed by atoms with Gasteiger partial charge >= 0.3 is 0 Å². The van der Waals surface area contributed by atoms with Crippen molar-refractivity contribution in [3.63, 3.8) is 0 Å². The molecule has 0 radical (unpaired) electrons. The Bertz CT molecular complexity index is 1020. The van der Waals surface area contributed by atoms with E-state index in [2.05, 4.69) is 20.3 Å². The Morgan fingerprint density at radius 1 is 1.16 bits per heavy atom. The van der Waals surface area contributed by atoms with Gasteiger partial charge in [-0.05, 0) is 75.9 Å². The van der Waals surface area contributed by atoms with Crippen molar-refractivity contribution in [2.45, 2.75) is 24.9 Å². The summed E-state index contributed by atoms with van der Waals surface area (Å²) in [5.74, 6) is -0.183. The molecule has 0 saturated heterocycles. The van der Waals surface area contributed by atoms with Gasteiger partial charge in [-0.15, -0.1) is 0 Å². The Morgan fingerprint density at radius 3 is 2.53 bits per heavy atom. The van der Waals surface area contributed by atoms with Gasteiger partial charge < -0.3 is 10.2 Å². The second-order valence-electron chi connectivity index (χ2n) is 7.86. The molecule has 32 heavy (non-hydrogen) atoms. The summed E-state index contributed by atoms with van der Waals surface area (Å²) in [4.78, 5) is 18.5. The topological polar surface area (TPSA) is 63.1 Å². The van der Waals surface area contributed by atoms with Crippen molar-refractivity contribution in [2.24, 2.45) is 0 Å². The zero-order valence-electron chi connectivity index (χ0n) is 18.3. The number of carbonyl (C=O) groups excluding carboxylic acids is 1. The molecule has 6 nitrogen and oxygen atoms in total. The average Bonchev–Trinajstić information content (AvgIpc) is 3.23. The zero-order chi connectivity index (χ0) is 23.1. The highest BCUT2D eigenvalue weighted by molar-refractivity contribution is 7.17. The Kier molecular flexibility index (Phi) is 8.04. The van der Waals surface area contributed by atoms with Gasteiger partial charge in [0.1, 0.15) is 5.69 Å². The monoisotopic (exact) mass is 459 g/mol. The maximum absolute atomic E-state index is 14.2. The van der Waals surface area contributed by atoms with Gasteiger partial charge in [0.05, 0.1) is 11.4 Å². The molecule has 0 aliphatic heterocycles. The molecule has 3 rings (SSSR count). The minimum absolute atomic E-state index is 0.183. The smallest absolute Gasteiger partial charge is 0.300 e. The number of unbranched alkanes of at least 4 members (excludes halogenated alkanes) is 2. The van der Waals surface area contributed by atoms with Crippen LogP contribution in [-0.2, 0) is 5.66 Å². The summed E-state index contributed by atoms with van der Waals surface area (Å²) >= 11 is 0. The molecule has 1 N–H and O–H groups in total. The van der Waals surface area contributed by atoms with E-state index in [4.69, 9.17) is 0 Å². The average molecular weight is 459 g/mol. The highest BCUT2D eigenvalue weighted by atomic mass is 31.0. The van der Waals surface area contributed by atoms with Gasteiger partial charge in [-0.3, -0.25) is 9.78 Å². The molecule has 3 aromatic rings. The number of hydrogen-bond acceptors (Lipinski definition) is 4. The molecule has 0 bridgehead atoms. The predicted octanol–water partition coefficient (Wildman–Crippen LogP) is 4.32. The van der Waals surface area contributed by atoms with Gasteiger partial charge in [-0.25, -0.2) is 4.68 Å². The van der Waals surface area contributed by atoms with Crippen LogP contribution in [0.2, 0.25) is 0 Å². The highest BCUT2D eigenvalue weighted by Gasteiger charge is 2.31. The van der Waals surface area contributed by atoms with E-state index in [1.54, 1.807) is 58.0 Å². The van der Waals surface area contributed by atoms with Crippen molar-refractivity contribution in [3.05, 3.63) is 66.1 Å². The molecular formula is C23H28F2N5OP. The molecule has 1 amide bonds. The fourth-order valence-electron chi connectivity index (χ4n) is 3.26. The summed E-state index contributed by atoms with van der Waals surface area (Å²) in [6.45, 7) is 1.63. The van der Waals surface area contributed by atoms with E-state index in [1.165, 1.54) is 10.7 Å². The lowest BCUT2D eigenvalue weighted by Crippen LogP contribution is -2.24. The van der Waals surface area contributed by atoms with Crippen LogP contribution >= 0.6 is 9.24 Å². The van der Waals surface area contributed by atoms with Crippen molar-refractivity contribution in [3.8, 4) is 16.9 Å². The van der Waals surface area contributed by atoms with Crippen LogP contribution in [0.5, 0.6) is 0 Å². The van der Waals surface area contributed by atoms with Gasteiger partial charge in [0.15, 0.2) is 0 Å². The third-order valence-corrected chi connectivity index (χ3v) is 5.25. The minimum atomic E-state index is -3.17. The first kappa shape index (κ1) is 24.0. The van der Waals surface area contributed by atoms with Crippen LogP contribution in [0.4, 0.5) is 8.78 Å². The maximum atomic E-state index is 14.2. The van der Waals surface area contributed by atoms with Crippen LogP contribution in [0.1, 0.15) is 35.3 Å². The molecule has 0 saturated carbocycles. The second-order valence-corrected chi connectivity index (χ2v) is 8.58. The van der Waals surface area contributed by atoms with Crippen LogP contribution in [-0.4, -0.2) is 52.8 Å². The van der Waals surface area contributed by atoms with E-state index in [-0.39, 0.29) is 11.6 Å². The fraction of sp³-hybridized carbons (Fsp3) is 0.348. The van der Waals surface area contributed by atoms with Crippen molar-refractivity contribution in [1.82, 2.24) is 25.0 Å². The lowest BCUT2D eigenvalue weighted by Gasteiger charge is -2.13. The van der Waals surface area contributed by atoms with Crippen molar-refractivity contribution in [2.75, 3.05) is 27.2 Å². The summed E-state index contributed by atoms with van der Waals surface area (Å²) in [6, 6.07) is 11.3. The number of benzene rings is 1. The Labute approximate surface area is 189 Å². The Balaban J connectivity index is 1.70. The standard InChI is InChI=1S/C23H28F2N5OP/c1-29(2)14-5-3-4-13-27-22(31)17-8-10-19(11-9-17)30-21(23(24,25)32)15-20(28-30)18-7-6-12-26-16-18/h6-12,15-16H,3-5,13-14,32H2,1-2H3,(H,27,31). The van der Waals surface area contributed by atoms with Crippen LogP contribution < -0.4 is 5.32 Å². The number of nitrogens with zero attached hydrogens (tertiary/aromatic N) is 4. The molecule has 0 fully saturated rings. The molecule has 2 aromatic heterocycles. The van der Waals surface area contributed by atoms with Crippen LogP contribution in [0, 0.1) is 0 Å². The largest absolute Gasteiger partial charge is 0.352 e. The summed E-state index contributed by atoms with van der Waals surface area (Å²) in [6.07, 6.45) is 6.23. The molecule has 9 heteroatoms. The number of halogens is 2. The summed E-state index contributed by atoms with van der Waals surface area (Å²) in [7, 11) is 5.63. The first-order valence-corrected chi connectivity index (χ1v) is 11.0. The molecule has 1 aromatic carbocycles. The first-order valence-electron chi connectivity index (χ1n) is 10.5. The second kappa shape index (κ2) is 10.7. The molecule has 1 atom stereocenters. The van der Waals surface area contributed by atoms with Crippen molar-refractivity contribution >= 4 is 15.1 Å². The fourth-order valence-corrected chi connectivity index (χ4v) is 3.46. The van der Waals surface area contributed by atoms with E-state index in [0.29, 0.717) is 29.1 Å². The van der Waals surface area contributed by atoms with Crippen LogP contribution in [0.15, 0.2) is 54.9 Å². The SMILES string of the molecule is CN(C)CCCCCNC(=O)c1ccc(-n2nc(-c3cccnc3)cc2C(F)(F)P)cc1. The predicted molar refractivity (Wildman–Crippen MR) is 125 cm³/mol. The number of carbonyl (C=O) groups is 1. The van der Waals surface area contributed by atoms with Gasteiger partial charge in [0.25, 0.3) is 11.6 Å².